The summed E-state index contributed by atoms with van der Waals surface area (Å²) in [4.78, 5) is 38.4. The van der Waals surface area contributed by atoms with Crippen molar-refractivity contribution in [2.75, 3.05) is 11.9 Å². The Morgan fingerprint density at radius 3 is 2.51 bits per heavy atom. The Bertz CT molecular complexity index is 1520. The van der Waals surface area contributed by atoms with Crippen molar-refractivity contribution >= 4 is 29.2 Å². The number of aromatic amines is 1. The number of aromatic nitrogens is 3. The minimum absolute atomic E-state index is 0.181. The summed E-state index contributed by atoms with van der Waals surface area (Å²) in [6.07, 6.45) is 3.23. The molecule has 0 saturated carbocycles. The molecule has 0 bridgehead atoms. The summed E-state index contributed by atoms with van der Waals surface area (Å²) in [5.41, 5.74) is 2.67. The number of thioether (sulfide) groups is 1. The second-order valence-corrected chi connectivity index (χ2v) is 9.19. The van der Waals surface area contributed by atoms with Gasteiger partial charge in [0.2, 0.25) is 0 Å². The maximum absolute atomic E-state index is 14.1. The van der Waals surface area contributed by atoms with E-state index in [-0.39, 0.29) is 18.2 Å². The average molecular weight is 515 g/mol. The number of esters is 1. The molecular formula is C28H23FN4O3S. The molecule has 0 amide bonds. The Balaban J connectivity index is 1.65. The minimum Gasteiger partial charge on any atom is -0.463 e. The maximum atomic E-state index is 14.1. The lowest BCUT2D eigenvalue weighted by Gasteiger charge is -2.30. The van der Waals surface area contributed by atoms with Crippen LogP contribution in [0.4, 0.5) is 10.2 Å². The zero-order chi connectivity index (χ0) is 25.8. The van der Waals surface area contributed by atoms with Gasteiger partial charge in [0.15, 0.2) is 5.16 Å². The molecule has 0 radical (unpaired) electrons. The molecule has 2 N–H and O–H groups in total. The summed E-state index contributed by atoms with van der Waals surface area (Å²) in [6.45, 7) is 1.92. The Morgan fingerprint density at radius 1 is 1.05 bits per heavy atom. The Morgan fingerprint density at radius 2 is 1.78 bits per heavy atom. The normalized spacial score (nSPS) is 14.6. The van der Waals surface area contributed by atoms with Gasteiger partial charge in [0.05, 0.1) is 29.4 Å². The summed E-state index contributed by atoms with van der Waals surface area (Å²) in [7, 11) is 0. The number of nitrogens with zero attached hydrogens (tertiary/aromatic N) is 2. The first-order chi connectivity index (χ1) is 18.1. The Hall–Kier alpha value is -4.24. The number of rotatable bonds is 7. The van der Waals surface area contributed by atoms with Gasteiger partial charge in [-0.2, -0.15) is 0 Å². The Kier molecular flexibility index (Phi) is 7.14. The number of hydrogen-bond acceptors (Lipinski definition) is 7. The van der Waals surface area contributed by atoms with Crippen LogP contribution in [0, 0.1) is 5.82 Å². The number of ether oxygens (including phenoxy) is 1. The first-order valence-corrected chi connectivity index (χ1v) is 12.7. The molecule has 2 aromatic heterocycles. The van der Waals surface area contributed by atoms with E-state index < -0.39 is 17.4 Å². The Labute approximate surface area is 216 Å². The molecule has 7 nitrogen and oxygen atoms in total. The van der Waals surface area contributed by atoms with Crippen molar-refractivity contribution in [3.05, 3.63) is 123 Å². The fourth-order valence-corrected chi connectivity index (χ4v) is 5.13. The molecule has 2 aromatic carbocycles. The molecular weight excluding hydrogens is 491 g/mol. The van der Waals surface area contributed by atoms with Crippen LogP contribution in [-0.2, 0) is 15.3 Å². The standard InChI is InChI=1S/C28H23FN4O3S/c1-2-36-27(35)22-21(17-12-14-30-15-13-17)23-25(31-24(22)18-8-4-3-5-9-18)32-28(33-26(23)34)37-16-19-10-6-7-11-20(19)29/h3-15,21H,2,16H2,1H3,(H2,31,32,33,34). The third kappa shape index (κ3) is 5.03. The van der Waals surface area contributed by atoms with Gasteiger partial charge in [-0.3, -0.25) is 9.78 Å². The van der Waals surface area contributed by atoms with Crippen LogP contribution in [0.1, 0.15) is 35.1 Å². The van der Waals surface area contributed by atoms with E-state index in [1.807, 2.05) is 30.3 Å². The van der Waals surface area contributed by atoms with E-state index in [2.05, 4.69) is 20.3 Å². The lowest BCUT2D eigenvalue weighted by molar-refractivity contribution is -0.138. The van der Waals surface area contributed by atoms with Crippen molar-refractivity contribution in [1.82, 2.24) is 15.0 Å². The molecule has 0 saturated heterocycles. The van der Waals surface area contributed by atoms with E-state index in [1.54, 1.807) is 49.6 Å². The molecule has 0 spiro atoms. The number of anilines is 1. The van der Waals surface area contributed by atoms with Crippen molar-refractivity contribution in [2.24, 2.45) is 0 Å². The van der Waals surface area contributed by atoms with Gasteiger partial charge >= 0.3 is 5.97 Å². The second-order valence-electron chi connectivity index (χ2n) is 8.23. The van der Waals surface area contributed by atoms with Crippen LogP contribution < -0.4 is 10.9 Å². The maximum Gasteiger partial charge on any atom is 0.337 e. The van der Waals surface area contributed by atoms with E-state index in [0.29, 0.717) is 38.9 Å². The van der Waals surface area contributed by atoms with Crippen molar-refractivity contribution in [3.63, 3.8) is 0 Å². The number of halogens is 1. The molecule has 5 rings (SSSR count). The molecule has 1 unspecified atom stereocenters. The predicted molar refractivity (Wildman–Crippen MR) is 141 cm³/mol. The predicted octanol–water partition coefficient (Wildman–Crippen LogP) is 5.13. The van der Waals surface area contributed by atoms with Crippen LogP contribution in [0.2, 0.25) is 0 Å². The van der Waals surface area contributed by atoms with Gasteiger partial charge in [-0.25, -0.2) is 14.2 Å². The number of nitrogens with one attached hydrogen (secondary N) is 2. The lowest BCUT2D eigenvalue weighted by Crippen LogP contribution is -2.31. The van der Waals surface area contributed by atoms with Crippen LogP contribution in [0.15, 0.2) is 94.6 Å². The number of H-pyrrole nitrogens is 1. The minimum atomic E-state index is -0.740. The monoisotopic (exact) mass is 514 g/mol. The molecule has 0 aliphatic carbocycles. The van der Waals surface area contributed by atoms with E-state index in [9.17, 15) is 14.0 Å². The zero-order valence-corrected chi connectivity index (χ0v) is 20.7. The quantitative estimate of drug-likeness (QED) is 0.201. The van der Waals surface area contributed by atoms with Crippen molar-refractivity contribution in [2.45, 2.75) is 23.8 Å². The molecule has 37 heavy (non-hydrogen) atoms. The van der Waals surface area contributed by atoms with Gasteiger partial charge < -0.3 is 15.0 Å². The molecule has 186 valence electrons. The first-order valence-electron chi connectivity index (χ1n) is 11.7. The van der Waals surface area contributed by atoms with E-state index in [1.165, 1.54) is 17.8 Å². The largest absolute Gasteiger partial charge is 0.463 e. The van der Waals surface area contributed by atoms with Crippen LogP contribution in [0.3, 0.4) is 0 Å². The van der Waals surface area contributed by atoms with E-state index in [4.69, 9.17) is 4.74 Å². The number of carbonyl (C=O) groups excluding carboxylic acids is 1. The summed E-state index contributed by atoms with van der Waals surface area (Å²) < 4.78 is 19.6. The van der Waals surface area contributed by atoms with Crippen LogP contribution >= 0.6 is 11.8 Å². The summed E-state index contributed by atoms with van der Waals surface area (Å²) in [5.74, 6) is -0.973. The molecule has 4 aromatic rings. The van der Waals surface area contributed by atoms with E-state index in [0.717, 1.165) is 5.56 Å². The second kappa shape index (κ2) is 10.8. The highest BCUT2D eigenvalue weighted by molar-refractivity contribution is 7.98. The number of benzene rings is 2. The zero-order valence-electron chi connectivity index (χ0n) is 19.9. The highest BCUT2D eigenvalue weighted by Crippen LogP contribution is 2.43. The van der Waals surface area contributed by atoms with Crippen LogP contribution in [0.5, 0.6) is 0 Å². The molecule has 3 heterocycles. The van der Waals surface area contributed by atoms with Crippen LogP contribution in [-0.4, -0.2) is 27.5 Å². The highest BCUT2D eigenvalue weighted by atomic mass is 32.2. The smallest absolute Gasteiger partial charge is 0.337 e. The van der Waals surface area contributed by atoms with Gasteiger partial charge in [-0.05, 0) is 41.8 Å². The summed E-state index contributed by atoms with van der Waals surface area (Å²) in [6, 6.07) is 19.4. The lowest BCUT2D eigenvalue weighted by atomic mass is 9.81. The van der Waals surface area contributed by atoms with Gasteiger partial charge in [0.1, 0.15) is 11.6 Å². The van der Waals surface area contributed by atoms with Crippen molar-refractivity contribution in [1.29, 1.82) is 0 Å². The van der Waals surface area contributed by atoms with Gasteiger partial charge in [-0.1, -0.05) is 60.3 Å². The molecule has 1 aliphatic rings. The van der Waals surface area contributed by atoms with Crippen molar-refractivity contribution < 1.29 is 13.9 Å². The molecule has 9 heteroatoms. The number of pyridine rings is 1. The number of carbonyl (C=O) groups is 1. The summed E-state index contributed by atoms with van der Waals surface area (Å²) >= 11 is 1.22. The fourth-order valence-electron chi connectivity index (χ4n) is 4.28. The highest BCUT2D eigenvalue weighted by Gasteiger charge is 2.38. The average Bonchev–Trinajstić information content (AvgIpc) is 2.92. The number of hydrogen-bond donors (Lipinski definition) is 2. The van der Waals surface area contributed by atoms with E-state index >= 15 is 0 Å². The third-order valence-electron chi connectivity index (χ3n) is 5.94. The molecule has 1 aliphatic heterocycles. The molecule has 0 fully saturated rings. The van der Waals surface area contributed by atoms with Crippen molar-refractivity contribution in [3.8, 4) is 0 Å². The summed E-state index contributed by atoms with van der Waals surface area (Å²) in [5, 5.41) is 3.57. The topological polar surface area (TPSA) is 97.0 Å². The SMILES string of the molecule is CCOC(=O)C1=C(c2ccccc2)Nc2nc(SCc3ccccc3F)[nH]c(=O)c2C1c1ccncc1. The van der Waals surface area contributed by atoms with Crippen LogP contribution in [0.25, 0.3) is 5.70 Å². The van der Waals surface area contributed by atoms with Gasteiger partial charge in [-0.15, -0.1) is 0 Å². The van der Waals surface area contributed by atoms with Gasteiger partial charge in [0, 0.05) is 18.1 Å². The number of fused-ring (bicyclic) bond motifs is 1. The third-order valence-corrected chi connectivity index (χ3v) is 6.87. The van der Waals surface area contributed by atoms with Gasteiger partial charge in [0.25, 0.3) is 5.56 Å². The first kappa shape index (κ1) is 24.5. The fraction of sp³-hybridized carbons (Fsp3) is 0.143. The molecule has 1 atom stereocenters.